The maximum Gasteiger partial charge on any atom is 0.251 e. The lowest BCUT2D eigenvalue weighted by atomic mass is 10.0. The Labute approximate surface area is 130 Å². The molecule has 2 atom stereocenters. The van der Waals surface area contributed by atoms with Crippen molar-refractivity contribution < 1.29 is 9.53 Å². The molecule has 2 heterocycles. The summed E-state index contributed by atoms with van der Waals surface area (Å²) in [6, 6.07) is 3.40. The van der Waals surface area contributed by atoms with Gasteiger partial charge in [0, 0.05) is 30.7 Å². The lowest BCUT2D eigenvalue weighted by Crippen LogP contribution is -2.38. The Morgan fingerprint density at radius 1 is 1.57 bits per heavy atom. The van der Waals surface area contributed by atoms with Gasteiger partial charge in [0.05, 0.1) is 6.61 Å². The van der Waals surface area contributed by atoms with E-state index in [1.807, 2.05) is 6.92 Å². The number of hydrogen-bond acceptors (Lipinski definition) is 4. The molecule has 2 N–H and O–H groups in total. The van der Waals surface area contributed by atoms with Crippen LogP contribution in [-0.4, -0.2) is 36.7 Å². The minimum absolute atomic E-state index is 0.0824. The number of pyridine rings is 1. The molecule has 2 unspecified atom stereocenters. The zero-order valence-corrected chi connectivity index (χ0v) is 13.2. The van der Waals surface area contributed by atoms with Crippen LogP contribution in [0.3, 0.4) is 0 Å². The van der Waals surface area contributed by atoms with E-state index in [0.29, 0.717) is 29.1 Å². The predicted molar refractivity (Wildman–Crippen MR) is 83.9 cm³/mol. The van der Waals surface area contributed by atoms with E-state index >= 15 is 0 Å². The number of rotatable bonds is 6. The Morgan fingerprint density at radius 2 is 2.38 bits per heavy atom. The zero-order valence-electron chi connectivity index (χ0n) is 12.5. The van der Waals surface area contributed by atoms with E-state index in [-0.39, 0.29) is 11.9 Å². The second-order valence-electron chi connectivity index (χ2n) is 5.38. The Balaban J connectivity index is 2.02. The molecule has 5 nitrogen and oxygen atoms in total. The van der Waals surface area contributed by atoms with Gasteiger partial charge >= 0.3 is 0 Å². The van der Waals surface area contributed by atoms with Crippen LogP contribution in [0.4, 0.5) is 5.82 Å². The maximum atomic E-state index is 12.3. The Morgan fingerprint density at radius 3 is 3.05 bits per heavy atom. The summed E-state index contributed by atoms with van der Waals surface area (Å²) in [4.78, 5) is 16.5. The number of carbonyl (C=O) groups excluding carboxylic acids is 1. The van der Waals surface area contributed by atoms with Gasteiger partial charge in [0.15, 0.2) is 0 Å². The normalized spacial score (nSPS) is 19.3. The number of amides is 1. The molecule has 1 fully saturated rings. The number of ether oxygens (including phenoxy) is 1. The fraction of sp³-hybridized carbons (Fsp3) is 0.600. The topological polar surface area (TPSA) is 63.2 Å². The third-order valence-electron chi connectivity index (χ3n) is 3.64. The van der Waals surface area contributed by atoms with Crippen molar-refractivity contribution in [3.8, 4) is 0 Å². The number of hydrogen-bond donors (Lipinski definition) is 2. The van der Waals surface area contributed by atoms with Crippen LogP contribution in [0, 0.1) is 5.92 Å². The molecule has 1 aliphatic rings. The fourth-order valence-corrected chi connectivity index (χ4v) is 2.54. The van der Waals surface area contributed by atoms with Crippen molar-refractivity contribution in [2.24, 2.45) is 5.92 Å². The number of nitrogens with zero attached hydrogens (tertiary/aromatic N) is 1. The first-order chi connectivity index (χ1) is 10.1. The van der Waals surface area contributed by atoms with Crippen LogP contribution in [0.2, 0.25) is 5.15 Å². The molecular weight excluding hydrogens is 290 g/mol. The molecular formula is C15H22ClN3O2. The molecule has 2 rings (SSSR count). The average molecular weight is 312 g/mol. The van der Waals surface area contributed by atoms with Gasteiger partial charge in [0.25, 0.3) is 5.91 Å². The molecule has 0 bridgehead atoms. The minimum Gasteiger partial charge on any atom is -0.381 e. The summed E-state index contributed by atoms with van der Waals surface area (Å²) in [7, 11) is 0. The van der Waals surface area contributed by atoms with E-state index < -0.39 is 0 Å². The van der Waals surface area contributed by atoms with Crippen LogP contribution in [0.25, 0.3) is 0 Å². The monoisotopic (exact) mass is 311 g/mol. The van der Waals surface area contributed by atoms with Gasteiger partial charge in [0.2, 0.25) is 0 Å². The van der Waals surface area contributed by atoms with E-state index in [2.05, 4.69) is 22.5 Å². The number of nitrogens with one attached hydrogen (secondary N) is 2. The zero-order chi connectivity index (χ0) is 15.2. The summed E-state index contributed by atoms with van der Waals surface area (Å²) in [6.07, 6.45) is 1.97. The molecule has 0 saturated carbocycles. The molecule has 21 heavy (non-hydrogen) atoms. The summed E-state index contributed by atoms with van der Waals surface area (Å²) in [6.45, 7) is 6.36. The van der Waals surface area contributed by atoms with Crippen molar-refractivity contribution in [2.45, 2.75) is 32.7 Å². The van der Waals surface area contributed by atoms with Gasteiger partial charge in [-0.25, -0.2) is 4.98 Å². The second-order valence-corrected chi connectivity index (χ2v) is 5.76. The highest BCUT2D eigenvalue weighted by Gasteiger charge is 2.24. The predicted octanol–water partition coefficient (Wildman–Crippen LogP) is 2.71. The molecule has 1 aromatic heterocycles. The molecule has 0 aromatic carbocycles. The second kappa shape index (κ2) is 7.61. The quantitative estimate of drug-likeness (QED) is 0.793. The molecule has 1 aliphatic heterocycles. The van der Waals surface area contributed by atoms with Gasteiger partial charge in [-0.05, 0) is 31.9 Å². The molecule has 1 aromatic rings. The van der Waals surface area contributed by atoms with Crippen LogP contribution in [0.1, 0.15) is 37.0 Å². The molecule has 116 valence electrons. The van der Waals surface area contributed by atoms with Crippen LogP contribution >= 0.6 is 11.6 Å². The summed E-state index contributed by atoms with van der Waals surface area (Å²) >= 11 is 5.99. The van der Waals surface area contributed by atoms with Crippen LogP contribution < -0.4 is 10.6 Å². The minimum atomic E-state index is -0.127. The third kappa shape index (κ3) is 4.58. The summed E-state index contributed by atoms with van der Waals surface area (Å²) in [5, 5.41) is 6.48. The number of halogens is 1. The molecule has 0 radical (unpaired) electrons. The van der Waals surface area contributed by atoms with E-state index in [9.17, 15) is 4.79 Å². The molecule has 1 amide bonds. The molecule has 0 aliphatic carbocycles. The summed E-state index contributed by atoms with van der Waals surface area (Å²) < 4.78 is 5.36. The number of anilines is 1. The van der Waals surface area contributed by atoms with Crippen molar-refractivity contribution in [3.63, 3.8) is 0 Å². The number of aromatic nitrogens is 1. The SMILES string of the molecule is CCCNc1cc(C(=O)NC(C)C2CCOC2)cc(Cl)n1. The Bertz CT molecular complexity index is 490. The fourth-order valence-electron chi connectivity index (χ4n) is 2.33. The lowest BCUT2D eigenvalue weighted by molar-refractivity contribution is 0.0922. The Hall–Kier alpha value is -1.33. The highest BCUT2D eigenvalue weighted by Crippen LogP contribution is 2.18. The van der Waals surface area contributed by atoms with Crippen LogP contribution in [-0.2, 0) is 4.74 Å². The third-order valence-corrected chi connectivity index (χ3v) is 3.84. The van der Waals surface area contributed by atoms with Crippen LogP contribution in [0.15, 0.2) is 12.1 Å². The molecule has 0 spiro atoms. The van der Waals surface area contributed by atoms with E-state index in [1.54, 1.807) is 12.1 Å². The highest BCUT2D eigenvalue weighted by molar-refractivity contribution is 6.29. The first kappa shape index (κ1) is 16.0. The largest absolute Gasteiger partial charge is 0.381 e. The molecule has 1 saturated heterocycles. The van der Waals surface area contributed by atoms with Crippen molar-refractivity contribution >= 4 is 23.3 Å². The maximum absolute atomic E-state index is 12.3. The first-order valence-corrected chi connectivity index (χ1v) is 7.78. The average Bonchev–Trinajstić information content (AvgIpc) is 2.98. The first-order valence-electron chi connectivity index (χ1n) is 7.40. The van der Waals surface area contributed by atoms with E-state index in [4.69, 9.17) is 16.3 Å². The van der Waals surface area contributed by atoms with E-state index in [1.165, 1.54) is 0 Å². The van der Waals surface area contributed by atoms with Crippen molar-refractivity contribution in [1.29, 1.82) is 0 Å². The summed E-state index contributed by atoms with van der Waals surface area (Å²) in [5.41, 5.74) is 0.527. The van der Waals surface area contributed by atoms with Gasteiger partial charge < -0.3 is 15.4 Å². The summed E-state index contributed by atoms with van der Waals surface area (Å²) in [5.74, 6) is 0.883. The van der Waals surface area contributed by atoms with Crippen molar-refractivity contribution in [3.05, 3.63) is 22.8 Å². The highest BCUT2D eigenvalue weighted by atomic mass is 35.5. The lowest BCUT2D eigenvalue weighted by Gasteiger charge is -2.19. The van der Waals surface area contributed by atoms with E-state index in [0.717, 1.165) is 26.0 Å². The standard InChI is InChI=1S/C15H22ClN3O2/c1-3-5-17-14-8-12(7-13(16)19-14)15(20)18-10(2)11-4-6-21-9-11/h7-8,10-11H,3-6,9H2,1-2H3,(H,17,19)(H,18,20). The van der Waals surface area contributed by atoms with Crippen molar-refractivity contribution in [2.75, 3.05) is 25.1 Å². The van der Waals surface area contributed by atoms with Gasteiger partial charge in [0.1, 0.15) is 11.0 Å². The van der Waals surface area contributed by atoms with Crippen LogP contribution in [0.5, 0.6) is 0 Å². The number of carbonyl (C=O) groups is 1. The smallest absolute Gasteiger partial charge is 0.251 e. The van der Waals surface area contributed by atoms with Crippen molar-refractivity contribution in [1.82, 2.24) is 10.3 Å². The van der Waals surface area contributed by atoms with Gasteiger partial charge in [-0.15, -0.1) is 0 Å². The Kier molecular flexibility index (Phi) is 5.82. The molecule has 6 heteroatoms. The van der Waals surface area contributed by atoms with Gasteiger partial charge in [-0.1, -0.05) is 18.5 Å². The van der Waals surface area contributed by atoms with Gasteiger partial charge in [-0.2, -0.15) is 0 Å². The van der Waals surface area contributed by atoms with Gasteiger partial charge in [-0.3, -0.25) is 4.79 Å².